The van der Waals surface area contributed by atoms with Crippen molar-refractivity contribution in [1.29, 1.82) is 0 Å². The summed E-state index contributed by atoms with van der Waals surface area (Å²) in [4.78, 5) is 27.9. The van der Waals surface area contributed by atoms with Gasteiger partial charge < -0.3 is 15.3 Å². The van der Waals surface area contributed by atoms with E-state index in [1.54, 1.807) is 36.4 Å². The lowest BCUT2D eigenvalue weighted by molar-refractivity contribution is -0.117. The molecule has 7 nitrogen and oxygen atoms in total. The number of nitrogens with zero attached hydrogens (tertiary/aromatic N) is 2. The highest BCUT2D eigenvalue weighted by Gasteiger charge is 2.14. The van der Waals surface area contributed by atoms with Crippen molar-refractivity contribution in [3.63, 3.8) is 0 Å². The number of hydrogen-bond acceptors (Lipinski definition) is 5. The molecule has 180 valence electrons. The molecule has 35 heavy (non-hydrogen) atoms. The predicted octanol–water partition coefficient (Wildman–Crippen LogP) is 4.92. The van der Waals surface area contributed by atoms with E-state index in [-0.39, 0.29) is 11.4 Å². The van der Waals surface area contributed by atoms with E-state index in [0.29, 0.717) is 15.6 Å². The quantitative estimate of drug-likeness (QED) is 0.206. The van der Waals surface area contributed by atoms with Gasteiger partial charge in [0, 0.05) is 34.4 Å². The van der Waals surface area contributed by atoms with Crippen LogP contribution in [-0.4, -0.2) is 36.2 Å². The van der Waals surface area contributed by atoms with Crippen LogP contribution in [0.3, 0.4) is 0 Å². The van der Waals surface area contributed by atoms with Crippen LogP contribution in [0.4, 0.5) is 5.69 Å². The number of aromatic hydroxyl groups is 1. The number of benzene rings is 3. The van der Waals surface area contributed by atoms with Crippen molar-refractivity contribution in [2.45, 2.75) is 13.8 Å². The molecule has 3 N–H and O–H groups in total. The summed E-state index contributed by atoms with van der Waals surface area (Å²) in [5.74, 6) is -0.925. The number of carbonyl (C=O) groups excluding carboxylic acids is 2. The Morgan fingerprint density at radius 3 is 2.34 bits per heavy atom. The SMILES string of the molecule is CCN(CC)c1ccc(/C=C(\NC(=O)c2ccccc2)C(=O)N/N=C\c2cc(O)ccc2Br)cc1. The van der Waals surface area contributed by atoms with Crippen LogP contribution in [0.5, 0.6) is 5.75 Å². The Labute approximate surface area is 213 Å². The molecule has 8 heteroatoms. The van der Waals surface area contributed by atoms with E-state index in [1.807, 2.05) is 30.3 Å². The van der Waals surface area contributed by atoms with Crippen LogP contribution in [0.2, 0.25) is 0 Å². The summed E-state index contributed by atoms with van der Waals surface area (Å²) < 4.78 is 0.703. The zero-order chi connectivity index (χ0) is 25.2. The lowest BCUT2D eigenvalue weighted by Gasteiger charge is -2.20. The molecule has 0 saturated carbocycles. The third-order valence-electron chi connectivity index (χ3n) is 5.21. The van der Waals surface area contributed by atoms with Crippen LogP contribution in [0.1, 0.15) is 35.3 Å². The number of halogens is 1. The van der Waals surface area contributed by atoms with E-state index in [2.05, 4.69) is 50.5 Å². The number of carbonyl (C=O) groups is 2. The lowest BCUT2D eigenvalue weighted by atomic mass is 10.1. The van der Waals surface area contributed by atoms with Gasteiger partial charge >= 0.3 is 0 Å². The average molecular weight is 535 g/mol. The average Bonchev–Trinajstić information content (AvgIpc) is 2.87. The van der Waals surface area contributed by atoms with Gasteiger partial charge in [-0.25, -0.2) is 5.43 Å². The summed E-state index contributed by atoms with van der Waals surface area (Å²) in [6, 6.07) is 21.1. The van der Waals surface area contributed by atoms with Gasteiger partial charge in [-0.3, -0.25) is 9.59 Å². The third kappa shape index (κ3) is 7.28. The van der Waals surface area contributed by atoms with Crippen LogP contribution < -0.4 is 15.6 Å². The smallest absolute Gasteiger partial charge is 0.287 e. The van der Waals surface area contributed by atoms with Crippen molar-refractivity contribution in [2.24, 2.45) is 5.10 Å². The van der Waals surface area contributed by atoms with Crippen molar-refractivity contribution in [3.05, 3.63) is 99.7 Å². The van der Waals surface area contributed by atoms with Crippen LogP contribution >= 0.6 is 15.9 Å². The van der Waals surface area contributed by atoms with E-state index in [1.165, 1.54) is 18.3 Å². The minimum Gasteiger partial charge on any atom is -0.508 e. The minimum absolute atomic E-state index is 0.0431. The Balaban J connectivity index is 1.84. The van der Waals surface area contributed by atoms with Crippen molar-refractivity contribution >= 4 is 45.7 Å². The normalized spacial score (nSPS) is 11.3. The summed E-state index contributed by atoms with van der Waals surface area (Å²) in [7, 11) is 0. The first-order chi connectivity index (χ1) is 16.9. The molecule has 0 unspecified atom stereocenters. The van der Waals surface area contributed by atoms with Gasteiger partial charge in [0.25, 0.3) is 11.8 Å². The first-order valence-corrected chi connectivity index (χ1v) is 12.0. The van der Waals surface area contributed by atoms with Gasteiger partial charge in [0.1, 0.15) is 11.4 Å². The fourth-order valence-electron chi connectivity index (χ4n) is 3.33. The second kappa shape index (κ2) is 12.5. The zero-order valence-electron chi connectivity index (χ0n) is 19.5. The first kappa shape index (κ1) is 25.7. The Bertz CT molecular complexity index is 1220. The number of phenolic OH excluding ortho intramolecular Hbond substituents is 1. The Morgan fingerprint density at radius 2 is 1.69 bits per heavy atom. The molecule has 0 aromatic heterocycles. The number of rotatable bonds is 9. The molecule has 0 bridgehead atoms. The van der Waals surface area contributed by atoms with Crippen LogP contribution in [0, 0.1) is 0 Å². The van der Waals surface area contributed by atoms with E-state index >= 15 is 0 Å². The lowest BCUT2D eigenvalue weighted by Crippen LogP contribution is -2.32. The van der Waals surface area contributed by atoms with Gasteiger partial charge in [0.2, 0.25) is 0 Å². The fraction of sp³-hybridized carbons (Fsp3) is 0.148. The molecule has 0 atom stereocenters. The second-order valence-corrected chi connectivity index (χ2v) is 8.40. The molecule has 0 saturated heterocycles. The first-order valence-electron chi connectivity index (χ1n) is 11.2. The van der Waals surface area contributed by atoms with E-state index in [0.717, 1.165) is 24.3 Å². The van der Waals surface area contributed by atoms with Crippen molar-refractivity contribution in [1.82, 2.24) is 10.7 Å². The molecule has 0 heterocycles. The van der Waals surface area contributed by atoms with Crippen molar-refractivity contribution in [3.8, 4) is 5.75 Å². The van der Waals surface area contributed by atoms with Crippen molar-refractivity contribution in [2.75, 3.05) is 18.0 Å². The minimum atomic E-state index is -0.588. The summed E-state index contributed by atoms with van der Waals surface area (Å²) in [5.41, 5.74) is 5.31. The number of amides is 2. The molecule has 3 aromatic rings. The topological polar surface area (TPSA) is 94.0 Å². The van der Waals surface area contributed by atoms with Crippen LogP contribution in [0.25, 0.3) is 6.08 Å². The summed E-state index contributed by atoms with van der Waals surface area (Å²) in [5, 5.41) is 16.3. The maximum atomic E-state index is 12.9. The molecule has 0 spiro atoms. The standard InChI is InChI=1S/C27H27BrN4O3/c1-3-32(4-2)22-12-10-19(11-13-22)16-25(30-26(34)20-8-6-5-7-9-20)27(35)31-29-18-21-17-23(33)14-15-24(21)28/h5-18,33H,3-4H2,1-2H3,(H,30,34)(H,31,35)/b25-16-,29-18-. The highest BCUT2D eigenvalue weighted by molar-refractivity contribution is 9.10. The molecule has 0 aliphatic rings. The van der Waals surface area contributed by atoms with Crippen LogP contribution in [-0.2, 0) is 4.79 Å². The van der Waals surface area contributed by atoms with Crippen molar-refractivity contribution < 1.29 is 14.7 Å². The summed E-state index contributed by atoms with van der Waals surface area (Å²) in [6.07, 6.45) is 3.00. The molecule has 0 aliphatic heterocycles. The van der Waals surface area contributed by atoms with Gasteiger partial charge in [-0.15, -0.1) is 0 Å². The Hall–Kier alpha value is -3.91. The van der Waals surface area contributed by atoms with Gasteiger partial charge in [-0.05, 0) is 68.0 Å². The van der Waals surface area contributed by atoms with Crippen LogP contribution in [0.15, 0.2) is 88.1 Å². The number of nitrogens with one attached hydrogen (secondary N) is 2. The number of hydrogen-bond donors (Lipinski definition) is 3. The summed E-state index contributed by atoms with van der Waals surface area (Å²) in [6.45, 7) is 5.96. The van der Waals surface area contributed by atoms with Gasteiger partial charge in [-0.1, -0.05) is 46.3 Å². The molecular weight excluding hydrogens is 508 g/mol. The van der Waals surface area contributed by atoms with E-state index in [4.69, 9.17) is 0 Å². The third-order valence-corrected chi connectivity index (χ3v) is 5.93. The maximum Gasteiger partial charge on any atom is 0.287 e. The summed E-state index contributed by atoms with van der Waals surface area (Å²) >= 11 is 3.37. The highest BCUT2D eigenvalue weighted by Crippen LogP contribution is 2.20. The molecule has 3 aromatic carbocycles. The number of hydrazone groups is 1. The van der Waals surface area contributed by atoms with E-state index in [9.17, 15) is 14.7 Å². The molecule has 0 aliphatic carbocycles. The largest absolute Gasteiger partial charge is 0.508 e. The zero-order valence-corrected chi connectivity index (χ0v) is 21.1. The Morgan fingerprint density at radius 1 is 1.00 bits per heavy atom. The van der Waals surface area contributed by atoms with Gasteiger partial charge in [-0.2, -0.15) is 5.10 Å². The fourth-order valence-corrected chi connectivity index (χ4v) is 3.68. The molecule has 3 rings (SSSR count). The Kier molecular flexibility index (Phi) is 9.20. The monoisotopic (exact) mass is 534 g/mol. The molecule has 2 amide bonds. The van der Waals surface area contributed by atoms with Gasteiger partial charge in [0.15, 0.2) is 0 Å². The second-order valence-electron chi connectivity index (χ2n) is 7.55. The molecular formula is C27H27BrN4O3. The maximum absolute atomic E-state index is 12.9. The number of phenols is 1. The molecule has 0 fully saturated rings. The van der Waals surface area contributed by atoms with Gasteiger partial charge in [0.05, 0.1) is 6.21 Å². The number of anilines is 1. The highest BCUT2D eigenvalue weighted by atomic mass is 79.9. The predicted molar refractivity (Wildman–Crippen MR) is 143 cm³/mol. The van der Waals surface area contributed by atoms with E-state index < -0.39 is 11.8 Å². The molecule has 0 radical (unpaired) electrons.